The Morgan fingerprint density at radius 2 is 1.87 bits per heavy atom. The fourth-order valence-corrected chi connectivity index (χ4v) is 4.09. The maximum absolute atomic E-state index is 5.71. The molecule has 1 N–H and O–H groups in total. The zero-order valence-electron chi connectivity index (χ0n) is 18.8. The molecular formula is C24H33N5O. The fraction of sp³-hybridized carbons (Fsp3) is 0.500. The lowest BCUT2D eigenvalue weighted by Gasteiger charge is -2.31. The normalized spacial score (nSPS) is 19.0. The van der Waals surface area contributed by atoms with Gasteiger partial charge in [0.05, 0.1) is 24.1 Å². The van der Waals surface area contributed by atoms with Gasteiger partial charge in [-0.2, -0.15) is 4.98 Å². The summed E-state index contributed by atoms with van der Waals surface area (Å²) in [6.07, 6.45) is 0.172. The van der Waals surface area contributed by atoms with Crippen LogP contribution in [0, 0.1) is 0 Å². The molecule has 1 saturated heterocycles. The molecule has 160 valence electrons. The molecule has 2 aromatic rings. The molecule has 0 saturated carbocycles. The van der Waals surface area contributed by atoms with E-state index in [1.807, 2.05) is 0 Å². The van der Waals surface area contributed by atoms with E-state index in [2.05, 4.69) is 80.6 Å². The number of hydrogen-bond donors (Lipinski definition) is 1. The van der Waals surface area contributed by atoms with Crippen LogP contribution in [0.25, 0.3) is 5.70 Å². The van der Waals surface area contributed by atoms with E-state index in [1.165, 1.54) is 5.56 Å². The van der Waals surface area contributed by atoms with E-state index in [-0.39, 0.29) is 6.10 Å². The Bertz CT molecular complexity index is 922. The highest BCUT2D eigenvalue weighted by Crippen LogP contribution is 2.37. The van der Waals surface area contributed by atoms with Gasteiger partial charge in [0.25, 0.3) is 0 Å². The van der Waals surface area contributed by atoms with E-state index in [0.29, 0.717) is 18.6 Å². The first kappa shape index (κ1) is 20.7. The van der Waals surface area contributed by atoms with Gasteiger partial charge in [-0.1, -0.05) is 32.6 Å². The molecule has 1 aromatic carbocycles. The van der Waals surface area contributed by atoms with E-state index in [4.69, 9.17) is 14.7 Å². The first-order valence-electron chi connectivity index (χ1n) is 10.9. The molecule has 6 nitrogen and oxygen atoms in total. The summed E-state index contributed by atoms with van der Waals surface area (Å²) in [6.45, 7) is 18.3. The Morgan fingerprint density at radius 1 is 1.13 bits per heavy atom. The maximum Gasteiger partial charge on any atom is 0.228 e. The Hall–Kier alpha value is -2.60. The lowest BCUT2D eigenvalue weighted by molar-refractivity contribution is 0.0526. The van der Waals surface area contributed by atoms with Crippen LogP contribution in [0.1, 0.15) is 57.4 Å². The largest absolute Gasteiger partial charge is 0.375 e. The first-order chi connectivity index (χ1) is 14.3. The van der Waals surface area contributed by atoms with Crippen molar-refractivity contribution in [3.63, 3.8) is 0 Å². The van der Waals surface area contributed by atoms with E-state index in [9.17, 15) is 0 Å². The second-order valence-corrected chi connectivity index (χ2v) is 8.90. The van der Waals surface area contributed by atoms with Crippen LogP contribution in [0.2, 0.25) is 0 Å². The zero-order chi connectivity index (χ0) is 21.4. The van der Waals surface area contributed by atoms with Crippen molar-refractivity contribution in [3.05, 3.63) is 47.7 Å². The molecule has 2 aliphatic rings. The summed E-state index contributed by atoms with van der Waals surface area (Å²) in [5.74, 6) is 2.13. The van der Waals surface area contributed by atoms with E-state index < -0.39 is 0 Å². The predicted octanol–water partition coefficient (Wildman–Crippen LogP) is 4.76. The van der Waals surface area contributed by atoms with Gasteiger partial charge in [0.1, 0.15) is 5.82 Å². The quantitative estimate of drug-likeness (QED) is 0.771. The highest BCUT2D eigenvalue weighted by atomic mass is 16.5. The molecule has 0 aliphatic carbocycles. The number of morpholine rings is 1. The van der Waals surface area contributed by atoms with Crippen molar-refractivity contribution in [1.29, 1.82) is 0 Å². The van der Waals surface area contributed by atoms with Crippen molar-refractivity contribution in [3.8, 4) is 0 Å². The molecule has 0 spiro atoms. The standard InChI is InChI=1S/C24H33N5O/c1-15(2)19-7-9-20(10-8-19)25-23-21-14-29(16(3)4)18(6)22(21)26-24(27-23)28-11-12-30-17(5)13-28/h7-10,15-17H,6,11-14H2,1-5H3,(H,25,26,27)/t17-/m0/s1. The SMILES string of the molecule is C=C1c2nc(N3CCO[C@@H](C)C3)nc(Nc3ccc(C(C)C)cc3)c2CN1C(C)C. The van der Waals surface area contributed by atoms with Gasteiger partial charge in [-0.05, 0) is 44.4 Å². The number of fused-ring (bicyclic) bond motifs is 1. The topological polar surface area (TPSA) is 53.5 Å². The van der Waals surface area contributed by atoms with Crippen LogP contribution in [-0.2, 0) is 11.3 Å². The van der Waals surface area contributed by atoms with Crippen molar-refractivity contribution >= 4 is 23.2 Å². The fourth-order valence-electron chi connectivity index (χ4n) is 4.09. The van der Waals surface area contributed by atoms with Gasteiger partial charge in [0.2, 0.25) is 5.95 Å². The molecule has 4 rings (SSSR count). The lowest BCUT2D eigenvalue weighted by atomic mass is 10.0. The summed E-state index contributed by atoms with van der Waals surface area (Å²) in [7, 11) is 0. The molecule has 0 radical (unpaired) electrons. The van der Waals surface area contributed by atoms with Gasteiger partial charge < -0.3 is 19.9 Å². The number of benzene rings is 1. The van der Waals surface area contributed by atoms with Gasteiger partial charge in [-0.3, -0.25) is 0 Å². The maximum atomic E-state index is 5.71. The van der Waals surface area contributed by atoms with Crippen LogP contribution in [0.3, 0.4) is 0 Å². The van der Waals surface area contributed by atoms with Crippen LogP contribution in [-0.4, -0.2) is 46.7 Å². The Kier molecular flexibility index (Phi) is 5.69. The molecule has 2 aliphatic heterocycles. The molecule has 0 bridgehead atoms. The number of anilines is 3. The predicted molar refractivity (Wildman–Crippen MR) is 123 cm³/mol. The first-order valence-corrected chi connectivity index (χ1v) is 10.9. The van der Waals surface area contributed by atoms with Crippen LogP contribution in [0.5, 0.6) is 0 Å². The van der Waals surface area contributed by atoms with Crippen LogP contribution in [0.15, 0.2) is 30.8 Å². The monoisotopic (exact) mass is 407 g/mol. The molecule has 1 atom stereocenters. The zero-order valence-corrected chi connectivity index (χ0v) is 18.8. The lowest BCUT2D eigenvalue weighted by Crippen LogP contribution is -2.42. The average molecular weight is 408 g/mol. The summed E-state index contributed by atoms with van der Waals surface area (Å²) in [6, 6.07) is 8.97. The van der Waals surface area contributed by atoms with E-state index >= 15 is 0 Å². The molecule has 3 heterocycles. The van der Waals surface area contributed by atoms with Crippen molar-refractivity contribution in [2.75, 3.05) is 29.9 Å². The minimum absolute atomic E-state index is 0.172. The third-order valence-corrected chi connectivity index (χ3v) is 5.93. The summed E-state index contributed by atoms with van der Waals surface area (Å²) < 4.78 is 5.71. The van der Waals surface area contributed by atoms with Gasteiger partial charge >= 0.3 is 0 Å². The van der Waals surface area contributed by atoms with Gasteiger partial charge in [0, 0.05) is 36.9 Å². The van der Waals surface area contributed by atoms with Gasteiger partial charge in [0.15, 0.2) is 0 Å². The molecule has 30 heavy (non-hydrogen) atoms. The molecular weight excluding hydrogens is 374 g/mol. The van der Waals surface area contributed by atoms with Gasteiger partial charge in [-0.15, -0.1) is 0 Å². The molecule has 1 fully saturated rings. The van der Waals surface area contributed by atoms with Crippen molar-refractivity contribution in [2.45, 2.75) is 59.2 Å². The molecule has 6 heteroatoms. The number of aromatic nitrogens is 2. The van der Waals surface area contributed by atoms with Crippen LogP contribution in [0.4, 0.5) is 17.5 Å². The highest BCUT2D eigenvalue weighted by Gasteiger charge is 2.31. The van der Waals surface area contributed by atoms with E-state index in [1.54, 1.807) is 0 Å². The number of nitrogens with one attached hydrogen (secondary N) is 1. The number of nitrogens with zero attached hydrogens (tertiary/aromatic N) is 4. The van der Waals surface area contributed by atoms with E-state index in [0.717, 1.165) is 54.0 Å². The number of rotatable bonds is 5. The number of hydrogen-bond acceptors (Lipinski definition) is 6. The third kappa shape index (κ3) is 4.01. The Balaban J connectivity index is 1.71. The van der Waals surface area contributed by atoms with Crippen LogP contribution >= 0.6 is 0 Å². The highest BCUT2D eigenvalue weighted by molar-refractivity contribution is 5.74. The summed E-state index contributed by atoms with van der Waals surface area (Å²) in [5, 5.41) is 3.56. The second-order valence-electron chi connectivity index (χ2n) is 8.90. The number of ether oxygens (including phenoxy) is 1. The Morgan fingerprint density at radius 3 is 2.50 bits per heavy atom. The summed E-state index contributed by atoms with van der Waals surface area (Å²) in [4.78, 5) is 14.4. The summed E-state index contributed by atoms with van der Waals surface area (Å²) in [5.41, 5.74) is 5.41. The molecule has 0 unspecified atom stereocenters. The second kappa shape index (κ2) is 8.26. The average Bonchev–Trinajstić information content (AvgIpc) is 3.06. The van der Waals surface area contributed by atoms with Crippen molar-refractivity contribution < 1.29 is 4.74 Å². The smallest absolute Gasteiger partial charge is 0.228 e. The van der Waals surface area contributed by atoms with Crippen molar-refractivity contribution in [2.24, 2.45) is 0 Å². The Labute approximate surface area is 180 Å². The molecule has 0 amide bonds. The minimum Gasteiger partial charge on any atom is -0.375 e. The van der Waals surface area contributed by atoms with Crippen molar-refractivity contribution in [1.82, 2.24) is 14.9 Å². The third-order valence-electron chi connectivity index (χ3n) is 5.93. The van der Waals surface area contributed by atoms with Gasteiger partial charge in [-0.25, -0.2) is 4.98 Å². The minimum atomic E-state index is 0.172. The molecule has 1 aromatic heterocycles. The van der Waals surface area contributed by atoms with Crippen LogP contribution < -0.4 is 10.2 Å². The summed E-state index contributed by atoms with van der Waals surface area (Å²) >= 11 is 0.